The summed E-state index contributed by atoms with van der Waals surface area (Å²) < 4.78 is 22.7. The summed E-state index contributed by atoms with van der Waals surface area (Å²) in [5.41, 5.74) is 1.17. The lowest BCUT2D eigenvalue weighted by Gasteiger charge is -2.29. The van der Waals surface area contributed by atoms with Crippen molar-refractivity contribution in [3.05, 3.63) is 68.5 Å². The van der Waals surface area contributed by atoms with Crippen molar-refractivity contribution in [3.8, 4) is 11.5 Å². The van der Waals surface area contributed by atoms with Crippen molar-refractivity contribution < 1.29 is 23.4 Å². The molecule has 0 N–H and O–H groups in total. The van der Waals surface area contributed by atoms with Gasteiger partial charge in [0, 0.05) is 31.2 Å². The lowest BCUT2D eigenvalue weighted by atomic mass is 9.98. The number of halogens is 1. The molecule has 1 amide bonds. The molecular weight excluding hydrogens is 484 g/mol. The van der Waals surface area contributed by atoms with E-state index in [9.17, 15) is 9.59 Å². The molecule has 2 aliphatic rings. The van der Waals surface area contributed by atoms with E-state index in [4.69, 9.17) is 30.2 Å². The number of fused-ring (bicyclic) bond motifs is 2. The third-order valence-electron chi connectivity index (χ3n) is 6.71. The Balaban J connectivity index is 1.56. The molecule has 0 spiro atoms. The van der Waals surface area contributed by atoms with Crippen LogP contribution in [0.5, 0.6) is 11.5 Å². The summed E-state index contributed by atoms with van der Waals surface area (Å²) in [5, 5.41) is 0.785. The maximum Gasteiger partial charge on any atom is 0.290 e. The van der Waals surface area contributed by atoms with Crippen molar-refractivity contribution in [3.63, 3.8) is 0 Å². The normalized spacial score (nSPS) is 18.0. The first-order valence-corrected chi connectivity index (χ1v) is 12.6. The molecule has 3 aromatic rings. The summed E-state index contributed by atoms with van der Waals surface area (Å²) in [4.78, 5) is 31.4. The van der Waals surface area contributed by atoms with Crippen molar-refractivity contribution in [2.75, 3.05) is 53.1 Å². The summed E-state index contributed by atoms with van der Waals surface area (Å²) in [6.07, 6.45) is 0.754. The molecule has 2 aliphatic heterocycles. The lowest BCUT2D eigenvalue weighted by Crippen LogP contribution is -2.38. The summed E-state index contributed by atoms with van der Waals surface area (Å²) in [6.45, 7) is 6.88. The van der Waals surface area contributed by atoms with Crippen LogP contribution >= 0.6 is 11.6 Å². The minimum absolute atomic E-state index is 0.0825. The van der Waals surface area contributed by atoms with Crippen LogP contribution in [0.4, 0.5) is 0 Å². The Kier molecular flexibility index (Phi) is 7.18. The molecule has 0 bridgehead atoms. The molecule has 8 nitrogen and oxygen atoms in total. The Hall–Kier alpha value is -3.07. The van der Waals surface area contributed by atoms with E-state index in [1.807, 2.05) is 25.1 Å². The van der Waals surface area contributed by atoms with Gasteiger partial charge in [0.1, 0.15) is 5.58 Å². The van der Waals surface area contributed by atoms with E-state index < -0.39 is 6.04 Å². The lowest BCUT2D eigenvalue weighted by molar-refractivity contribution is 0.0353. The highest BCUT2D eigenvalue weighted by molar-refractivity contribution is 6.31. The van der Waals surface area contributed by atoms with Crippen molar-refractivity contribution >= 4 is 28.5 Å². The van der Waals surface area contributed by atoms with Gasteiger partial charge in [-0.1, -0.05) is 17.7 Å². The molecule has 1 atom stereocenters. The largest absolute Gasteiger partial charge is 0.493 e. The van der Waals surface area contributed by atoms with Gasteiger partial charge in [0.05, 0.1) is 43.9 Å². The number of hydrogen-bond donors (Lipinski definition) is 0. The number of benzene rings is 2. The summed E-state index contributed by atoms with van der Waals surface area (Å²) in [5.74, 6) is 0.930. The van der Waals surface area contributed by atoms with Gasteiger partial charge >= 0.3 is 0 Å². The summed E-state index contributed by atoms with van der Waals surface area (Å²) in [7, 11) is 1.57. The zero-order valence-electron chi connectivity index (χ0n) is 20.4. The van der Waals surface area contributed by atoms with Crippen LogP contribution in [0.25, 0.3) is 11.0 Å². The molecule has 0 aliphatic carbocycles. The number of ether oxygens (including phenoxy) is 3. The quantitative estimate of drug-likeness (QED) is 0.449. The van der Waals surface area contributed by atoms with E-state index >= 15 is 0 Å². The SMILES string of the molecule is CCOc1ccc(C2c3c(oc4ccc(Cl)cc4c3=O)C(=O)N2CCCN2CCOCC2)cc1OC. The Morgan fingerprint density at radius 1 is 1.06 bits per heavy atom. The molecule has 1 fully saturated rings. The number of amides is 1. The first-order valence-electron chi connectivity index (χ1n) is 12.2. The Labute approximate surface area is 214 Å². The molecule has 1 saturated heterocycles. The smallest absolute Gasteiger partial charge is 0.290 e. The highest BCUT2D eigenvalue weighted by Crippen LogP contribution is 2.41. The Morgan fingerprint density at radius 2 is 1.86 bits per heavy atom. The van der Waals surface area contributed by atoms with Gasteiger partial charge < -0.3 is 23.5 Å². The average Bonchev–Trinajstić information content (AvgIpc) is 3.17. The Morgan fingerprint density at radius 3 is 2.61 bits per heavy atom. The van der Waals surface area contributed by atoms with Gasteiger partial charge in [0.2, 0.25) is 5.76 Å². The standard InChI is InChI=1S/C27H29ClN2O6/c1-3-35-21-7-5-17(15-22(21)33-2)24-23-25(31)19-16-18(28)6-8-20(19)36-26(23)27(32)30(24)10-4-9-29-11-13-34-14-12-29/h5-8,15-16,24H,3-4,9-14H2,1-2H3. The zero-order chi connectivity index (χ0) is 25.2. The maximum atomic E-state index is 13.7. The van der Waals surface area contributed by atoms with Gasteiger partial charge in [-0.3, -0.25) is 14.5 Å². The number of hydrogen-bond acceptors (Lipinski definition) is 7. The van der Waals surface area contributed by atoms with E-state index in [1.165, 1.54) is 0 Å². The van der Waals surface area contributed by atoms with E-state index in [0.717, 1.165) is 44.8 Å². The first kappa shape index (κ1) is 24.6. The fourth-order valence-corrected chi connectivity index (χ4v) is 5.16. The van der Waals surface area contributed by atoms with E-state index in [2.05, 4.69) is 4.90 Å². The van der Waals surface area contributed by atoms with Crippen LogP contribution in [-0.2, 0) is 4.74 Å². The molecule has 3 heterocycles. The minimum atomic E-state index is -0.610. The molecule has 2 aromatic carbocycles. The predicted molar refractivity (Wildman–Crippen MR) is 136 cm³/mol. The first-order chi connectivity index (χ1) is 17.5. The number of carbonyl (C=O) groups is 1. The third kappa shape index (κ3) is 4.56. The number of morpholine rings is 1. The van der Waals surface area contributed by atoms with Crippen LogP contribution in [0.3, 0.4) is 0 Å². The van der Waals surface area contributed by atoms with Crippen LogP contribution in [0, 0.1) is 0 Å². The monoisotopic (exact) mass is 512 g/mol. The third-order valence-corrected chi connectivity index (χ3v) is 6.94. The molecule has 0 radical (unpaired) electrons. The number of nitrogens with zero attached hydrogens (tertiary/aromatic N) is 2. The van der Waals surface area contributed by atoms with Gasteiger partial charge in [-0.25, -0.2) is 0 Å². The maximum absolute atomic E-state index is 13.7. The van der Waals surface area contributed by atoms with Crippen LogP contribution in [0.2, 0.25) is 5.02 Å². The van der Waals surface area contributed by atoms with Gasteiger partial charge in [-0.2, -0.15) is 0 Å². The zero-order valence-corrected chi connectivity index (χ0v) is 21.2. The van der Waals surface area contributed by atoms with Crippen LogP contribution in [0.15, 0.2) is 45.6 Å². The average molecular weight is 513 g/mol. The number of methoxy groups -OCH3 is 1. The van der Waals surface area contributed by atoms with Gasteiger partial charge in [0.15, 0.2) is 16.9 Å². The van der Waals surface area contributed by atoms with Crippen molar-refractivity contribution in [2.24, 2.45) is 0 Å². The number of carbonyl (C=O) groups excluding carboxylic acids is 1. The molecular formula is C27H29ClN2O6. The van der Waals surface area contributed by atoms with Gasteiger partial charge in [-0.05, 0) is 49.2 Å². The van der Waals surface area contributed by atoms with Gasteiger partial charge in [0.25, 0.3) is 5.91 Å². The van der Waals surface area contributed by atoms with E-state index in [-0.39, 0.29) is 17.1 Å². The highest BCUT2D eigenvalue weighted by atomic mass is 35.5. The second-order valence-electron chi connectivity index (χ2n) is 8.87. The summed E-state index contributed by atoms with van der Waals surface area (Å²) >= 11 is 6.18. The molecule has 190 valence electrons. The van der Waals surface area contributed by atoms with Crippen LogP contribution < -0.4 is 14.9 Å². The van der Waals surface area contributed by atoms with Gasteiger partial charge in [-0.15, -0.1) is 0 Å². The molecule has 0 saturated carbocycles. The van der Waals surface area contributed by atoms with Crippen LogP contribution in [0.1, 0.15) is 41.1 Å². The molecule has 1 unspecified atom stereocenters. The fraction of sp³-hybridized carbons (Fsp3) is 0.407. The predicted octanol–water partition coefficient (Wildman–Crippen LogP) is 4.12. The Bertz CT molecular complexity index is 1330. The molecule has 9 heteroatoms. The fourth-order valence-electron chi connectivity index (χ4n) is 4.99. The molecule has 36 heavy (non-hydrogen) atoms. The highest BCUT2D eigenvalue weighted by Gasteiger charge is 2.42. The van der Waals surface area contributed by atoms with Crippen molar-refractivity contribution in [2.45, 2.75) is 19.4 Å². The minimum Gasteiger partial charge on any atom is -0.493 e. The summed E-state index contributed by atoms with van der Waals surface area (Å²) in [6, 6.07) is 9.76. The van der Waals surface area contributed by atoms with Crippen molar-refractivity contribution in [1.29, 1.82) is 0 Å². The van der Waals surface area contributed by atoms with Crippen LogP contribution in [-0.4, -0.2) is 68.8 Å². The second kappa shape index (κ2) is 10.5. The molecule has 5 rings (SSSR count). The van der Waals surface area contributed by atoms with Crippen molar-refractivity contribution in [1.82, 2.24) is 9.80 Å². The topological polar surface area (TPSA) is 81.5 Å². The number of rotatable bonds is 8. The molecule has 1 aromatic heterocycles. The van der Waals surface area contributed by atoms with E-state index in [1.54, 1.807) is 30.2 Å². The second-order valence-corrected chi connectivity index (χ2v) is 9.30. The van der Waals surface area contributed by atoms with E-state index in [0.29, 0.717) is 46.2 Å².